The highest BCUT2D eigenvalue weighted by atomic mass is 35.5. The minimum atomic E-state index is -5.21. The van der Waals surface area contributed by atoms with Crippen molar-refractivity contribution in [1.29, 1.82) is 0 Å². The molecule has 3 fully saturated rings. The number of fused-ring (bicyclic) bond motifs is 1. The van der Waals surface area contributed by atoms with E-state index >= 15 is 4.79 Å². The number of carbonyl (C=O) groups is 11. The van der Waals surface area contributed by atoms with Crippen molar-refractivity contribution in [2.24, 2.45) is 17.8 Å². The maximum atomic E-state index is 15.0. The van der Waals surface area contributed by atoms with Crippen LogP contribution in [0.15, 0.2) is 42.5 Å². The second-order valence-electron chi connectivity index (χ2n) is 26.2. The zero-order chi connectivity index (χ0) is 71.4. The van der Waals surface area contributed by atoms with Crippen molar-refractivity contribution < 1.29 is 83.8 Å². The fraction of sp³-hybridized carbons (Fsp3) is 0.646. The number of para-hydroxylation sites is 1. The first kappa shape index (κ1) is 78.0. The van der Waals surface area contributed by atoms with Crippen LogP contribution in [-0.2, 0) is 71.8 Å². The molecule has 30 heteroatoms. The summed E-state index contributed by atoms with van der Waals surface area (Å²) in [5, 5.41) is 10.6. The first-order valence-electron chi connectivity index (χ1n) is 32.0. The quantitative estimate of drug-likeness (QED) is 0.208. The zero-order valence-electron chi connectivity index (χ0n) is 56.3. The maximum absolute atomic E-state index is 15.0. The summed E-state index contributed by atoms with van der Waals surface area (Å²) in [7, 11) is 7.65. The van der Waals surface area contributed by atoms with E-state index in [4.69, 9.17) is 11.6 Å². The third-order valence-corrected chi connectivity index (χ3v) is 18.3. The Morgan fingerprint density at radius 2 is 1.28 bits per heavy atom. The molecule has 2 aliphatic heterocycles. The largest absolute Gasteiger partial charge is 0.573 e. The summed E-state index contributed by atoms with van der Waals surface area (Å²) in [6.45, 7) is 9.83. The Hall–Kier alpha value is -7.72. The van der Waals surface area contributed by atoms with Gasteiger partial charge in [0.05, 0.1) is 30.2 Å². The Labute approximate surface area is 556 Å². The molecule has 2 aromatic rings. The lowest BCUT2D eigenvalue weighted by Gasteiger charge is -2.39. The van der Waals surface area contributed by atoms with E-state index in [2.05, 4.69) is 26.0 Å². The monoisotopic (exact) mass is 1370 g/mol. The number of ether oxygens (including phenoxy) is 1. The van der Waals surface area contributed by atoms with Crippen LogP contribution in [-0.4, -0.2) is 222 Å². The van der Waals surface area contributed by atoms with Gasteiger partial charge in [-0.15, -0.1) is 13.2 Å². The van der Waals surface area contributed by atoms with Crippen LogP contribution < -0.4 is 26.0 Å². The van der Waals surface area contributed by atoms with Gasteiger partial charge >= 0.3 is 12.5 Å². The summed E-state index contributed by atoms with van der Waals surface area (Å²) in [4.78, 5) is 167. The zero-order valence-corrected chi connectivity index (χ0v) is 57.1. The van der Waals surface area contributed by atoms with Crippen LogP contribution in [0.4, 0.5) is 26.3 Å². The van der Waals surface area contributed by atoms with Crippen LogP contribution in [0, 0.1) is 17.8 Å². The van der Waals surface area contributed by atoms with Gasteiger partial charge in [-0.05, 0) is 98.9 Å². The summed E-state index contributed by atoms with van der Waals surface area (Å²) >= 11 is 6.08. The van der Waals surface area contributed by atoms with Crippen molar-refractivity contribution in [3.8, 4) is 5.75 Å². The van der Waals surface area contributed by atoms with E-state index < -0.39 is 180 Å². The topological polar surface area (TPSA) is 268 Å². The lowest BCUT2D eigenvalue weighted by atomic mass is 9.92. The standard InChI is InChI=1S/C65H92ClF6N11O12/c1-14-39(6)54-61(93)79(10)35-52(86)77(8)36-53(87)81(12)48(33-42-20-15-16-22-49(42)95-65(70,71)72)60(92)78(9)34-50(84)74-45(26-24-41-23-25-43(44(66)32-41)64(67,68)69)59(91)83-29-19-21-46(83)57(89)76-63(27-17-18-28-63)62(94)82(13)55(38(4)5)58(90)73-40(7)31-51(85)80(11)47(30-37(2)3)56(88)75-54/h15-16,20,22-23,25,32,37-40,45-48,54-55H,14,17-19,21,24,26-31,33-36H2,1-13H3,(H,73,90)(H,74,84)(H,75,88)(H,76,89)/t39-,40+,45-,46?,47-,48-,54-,55-/m0/s1. The van der Waals surface area contributed by atoms with Crippen LogP contribution in [0.2, 0.25) is 5.02 Å². The van der Waals surface area contributed by atoms with Crippen molar-refractivity contribution in [3.63, 3.8) is 0 Å². The van der Waals surface area contributed by atoms with Crippen LogP contribution in [0.3, 0.4) is 0 Å². The van der Waals surface area contributed by atoms with Gasteiger partial charge in [0.15, 0.2) is 0 Å². The van der Waals surface area contributed by atoms with E-state index in [0.717, 1.165) is 58.0 Å². The van der Waals surface area contributed by atoms with Crippen molar-refractivity contribution in [2.75, 3.05) is 68.5 Å². The number of hydrogen-bond donors (Lipinski definition) is 4. The molecular formula is C65H92ClF6N11O12. The summed E-state index contributed by atoms with van der Waals surface area (Å²) in [5.41, 5.74) is -2.70. The molecule has 1 unspecified atom stereocenters. The van der Waals surface area contributed by atoms with Gasteiger partial charge in [-0.1, -0.05) is 96.7 Å². The molecule has 2 saturated heterocycles. The predicted octanol–water partition coefficient (Wildman–Crippen LogP) is 5.34. The van der Waals surface area contributed by atoms with Gasteiger partial charge < -0.3 is 60.3 Å². The second-order valence-corrected chi connectivity index (χ2v) is 26.6. The molecule has 95 heavy (non-hydrogen) atoms. The van der Waals surface area contributed by atoms with Crippen LogP contribution in [0.1, 0.15) is 129 Å². The van der Waals surface area contributed by atoms with Gasteiger partial charge in [0.25, 0.3) is 0 Å². The number of benzene rings is 2. The Morgan fingerprint density at radius 3 is 1.87 bits per heavy atom. The molecule has 1 spiro atoms. The number of hydrogen-bond acceptors (Lipinski definition) is 12. The van der Waals surface area contributed by atoms with Gasteiger partial charge in [-0.3, -0.25) is 52.7 Å². The molecule has 0 aromatic heterocycles. The van der Waals surface area contributed by atoms with Gasteiger partial charge in [0.2, 0.25) is 65.0 Å². The fourth-order valence-electron chi connectivity index (χ4n) is 12.4. The average molecular weight is 1370 g/mol. The predicted molar refractivity (Wildman–Crippen MR) is 338 cm³/mol. The Bertz CT molecular complexity index is 3130. The summed E-state index contributed by atoms with van der Waals surface area (Å²) in [6, 6.07) is -1.19. The maximum Gasteiger partial charge on any atom is 0.573 e. The Kier molecular flexibility index (Phi) is 27.3. The highest BCUT2D eigenvalue weighted by molar-refractivity contribution is 6.31. The van der Waals surface area contributed by atoms with Crippen LogP contribution in [0.25, 0.3) is 0 Å². The molecule has 2 heterocycles. The SMILES string of the molecule is CC[C@H](C)[C@@H]1NC(=O)[C@H](CC(C)C)N(C)C(=O)C[C@@H](C)NC(=O)[C@H](C(C)C)N(C)C(=O)C2(CCCC2)NC(=O)C2CCCN2C(=O)[C@H](CCc2ccc(C(F)(F)F)c(Cl)c2)NC(=O)CN(C)C(=O)[C@H](Cc2ccccc2OC(F)(F)F)N(C)C(=O)CN(C)C(=O)CN(C)C1=O. The molecule has 1 saturated carbocycles. The van der Waals surface area contributed by atoms with E-state index in [1.807, 2.05) is 13.8 Å². The number of likely N-dealkylation sites (N-methyl/N-ethyl adjacent to an activating group) is 6. The highest BCUT2D eigenvalue weighted by Gasteiger charge is 2.50. The molecule has 5 rings (SSSR count). The average Bonchev–Trinajstić information content (AvgIpc) is 1.73. The van der Waals surface area contributed by atoms with Gasteiger partial charge in [0, 0.05) is 67.7 Å². The van der Waals surface area contributed by atoms with Crippen molar-refractivity contribution in [1.82, 2.24) is 55.6 Å². The highest BCUT2D eigenvalue weighted by Crippen LogP contribution is 2.37. The lowest BCUT2D eigenvalue weighted by Crippen LogP contribution is -2.64. The number of halogens is 7. The molecule has 0 radical (unpaired) electrons. The van der Waals surface area contributed by atoms with E-state index in [9.17, 15) is 74.3 Å². The van der Waals surface area contributed by atoms with E-state index in [0.29, 0.717) is 19.3 Å². The van der Waals surface area contributed by atoms with Gasteiger partial charge in [-0.25, -0.2) is 0 Å². The van der Waals surface area contributed by atoms with Gasteiger partial charge in [-0.2, -0.15) is 13.2 Å². The first-order valence-corrected chi connectivity index (χ1v) is 32.3. The number of rotatable bonds is 11. The van der Waals surface area contributed by atoms with Crippen LogP contribution in [0.5, 0.6) is 5.75 Å². The minimum absolute atomic E-state index is 0.0395. The number of nitrogens with zero attached hydrogens (tertiary/aromatic N) is 7. The number of carbonyl (C=O) groups excluding carboxylic acids is 11. The minimum Gasteiger partial charge on any atom is -0.406 e. The second kappa shape index (κ2) is 33.3. The smallest absolute Gasteiger partial charge is 0.406 e. The number of aryl methyl sites for hydroxylation is 1. The van der Waals surface area contributed by atoms with E-state index in [1.54, 1.807) is 34.6 Å². The number of alkyl halides is 6. The molecule has 2 aromatic carbocycles. The number of nitrogens with one attached hydrogen (secondary N) is 4. The normalized spacial score (nSPS) is 24.5. The number of amides is 11. The van der Waals surface area contributed by atoms with Crippen molar-refractivity contribution in [2.45, 2.75) is 186 Å². The molecule has 8 atom stereocenters. The lowest BCUT2D eigenvalue weighted by molar-refractivity contribution is -0.275. The van der Waals surface area contributed by atoms with Crippen molar-refractivity contribution >= 4 is 76.6 Å². The Morgan fingerprint density at radius 1 is 0.674 bits per heavy atom. The molecule has 1 aliphatic carbocycles. The van der Waals surface area contributed by atoms with E-state index in [-0.39, 0.29) is 75.0 Å². The fourth-order valence-corrected chi connectivity index (χ4v) is 12.7. The van der Waals surface area contributed by atoms with Crippen LogP contribution >= 0.6 is 11.6 Å². The first-order chi connectivity index (χ1) is 44.2. The molecule has 4 N–H and O–H groups in total. The summed E-state index contributed by atoms with van der Waals surface area (Å²) in [6.07, 6.45) is -9.35. The molecular weight excluding hydrogens is 1280 g/mol. The molecule has 11 amide bonds. The van der Waals surface area contributed by atoms with E-state index in [1.165, 1.54) is 61.1 Å². The molecule has 0 bridgehead atoms. The third kappa shape index (κ3) is 20.6. The Balaban J connectivity index is 1.59. The summed E-state index contributed by atoms with van der Waals surface area (Å²) in [5.74, 6) is -10.5. The van der Waals surface area contributed by atoms with Gasteiger partial charge in [0.1, 0.15) is 47.5 Å². The molecule has 3 aliphatic rings. The summed E-state index contributed by atoms with van der Waals surface area (Å²) < 4.78 is 87.0. The van der Waals surface area contributed by atoms with Crippen molar-refractivity contribution in [3.05, 3.63) is 64.2 Å². The molecule has 23 nitrogen and oxygen atoms in total. The third-order valence-electron chi connectivity index (χ3n) is 18.0. The molecule has 528 valence electrons.